The molecule has 0 aliphatic carbocycles. The fraction of sp³-hybridized carbons (Fsp3) is 0.407. The molecule has 0 spiro atoms. The van der Waals surface area contributed by atoms with Crippen molar-refractivity contribution in [2.75, 3.05) is 13.7 Å². The van der Waals surface area contributed by atoms with Crippen molar-refractivity contribution in [1.29, 1.82) is 0 Å². The first kappa shape index (κ1) is 31.7. The van der Waals surface area contributed by atoms with Crippen molar-refractivity contribution < 1.29 is 33.4 Å². The Morgan fingerprint density at radius 2 is 1.54 bits per heavy atom. The summed E-state index contributed by atoms with van der Waals surface area (Å²) in [6.07, 6.45) is -0.694. The van der Waals surface area contributed by atoms with Crippen LogP contribution >= 0.6 is 23.2 Å². The normalized spacial score (nSPS) is 12.5. The fourth-order valence-corrected chi connectivity index (χ4v) is 3.71. The van der Waals surface area contributed by atoms with Crippen molar-refractivity contribution in [1.82, 2.24) is 16.0 Å². The number of esters is 1. The van der Waals surface area contributed by atoms with Gasteiger partial charge in [-0.05, 0) is 57.5 Å². The van der Waals surface area contributed by atoms with E-state index in [0.717, 1.165) is 0 Å². The van der Waals surface area contributed by atoms with E-state index in [4.69, 9.17) is 32.7 Å². The van der Waals surface area contributed by atoms with E-state index in [2.05, 4.69) is 20.7 Å². The van der Waals surface area contributed by atoms with Crippen LogP contribution in [0.2, 0.25) is 10.0 Å². The van der Waals surface area contributed by atoms with E-state index >= 15 is 0 Å². The van der Waals surface area contributed by atoms with Gasteiger partial charge in [0, 0.05) is 22.0 Å². The van der Waals surface area contributed by atoms with Gasteiger partial charge < -0.3 is 30.2 Å². The Hall–Kier alpha value is -3.50. The van der Waals surface area contributed by atoms with Crippen LogP contribution in [0.4, 0.5) is 4.79 Å². The molecule has 2 aromatic carbocycles. The zero-order chi connectivity index (χ0) is 29.2. The van der Waals surface area contributed by atoms with Gasteiger partial charge in [0.25, 0.3) is 0 Å². The maximum atomic E-state index is 13.0. The van der Waals surface area contributed by atoms with Crippen LogP contribution in [0.1, 0.15) is 38.8 Å². The zero-order valence-electron chi connectivity index (χ0n) is 22.4. The summed E-state index contributed by atoms with van der Waals surface area (Å²) >= 11 is 12.4. The van der Waals surface area contributed by atoms with Crippen LogP contribution in [0.5, 0.6) is 5.75 Å². The molecule has 0 aliphatic rings. The molecule has 0 bridgehead atoms. The Kier molecular flexibility index (Phi) is 11.9. The van der Waals surface area contributed by atoms with Gasteiger partial charge in [-0.2, -0.15) is 0 Å². The van der Waals surface area contributed by atoms with Gasteiger partial charge in [0.2, 0.25) is 11.8 Å². The first-order valence-corrected chi connectivity index (χ1v) is 12.8. The third kappa shape index (κ3) is 11.0. The number of nitrogens with one attached hydrogen (secondary N) is 3. The van der Waals surface area contributed by atoms with Crippen molar-refractivity contribution in [2.24, 2.45) is 0 Å². The summed E-state index contributed by atoms with van der Waals surface area (Å²) < 4.78 is 15.6. The molecule has 2 aromatic rings. The average molecular weight is 582 g/mol. The van der Waals surface area contributed by atoms with Gasteiger partial charge >= 0.3 is 12.1 Å². The van der Waals surface area contributed by atoms with Crippen molar-refractivity contribution >= 4 is 47.1 Å². The van der Waals surface area contributed by atoms with E-state index in [-0.39, 0.29) is 19.6 Å². The van der Waals surface area contributed by atoms with Gasteiger partial charge in [0.05, 0.1) is 7.11 Å². The molecular formula is C27H33Cl2N3O7. The number of methoxy groups -OCH3 is 1. The van der Waals surface area contributed by atoms with E-state index in [0.29, 0.717) is 26.9 Å². The van der Waals surface area contributed by atoms with Crippen LogP contribution < -0.4 is 20.7 Å². The predicted octanol–water partition coefficient (Wildman–Crippen LogP) is 3.80. The third-order valence-electron chi connectivity index (χ3n) is 5.20. The smallest absolute Gasteiger partial charge is 0.408 e. The molecule has 0 radical (unpaired) electrons. The summed E-state index contributed by atoms with van der Waals surface area (Å²) in [6.45, 7) is 6.37. The number of carbonyl (C=O) groups is 4. The van der Waals surface area contributed by atoms with Gasteiger partial charge in [0.15, 0.2) is 0 Å². The number of halogens is 2. The number of alkyl carbamates (subject to hydrolysis) is 1. The number of carbonyl (C=O) groups excluding carboxylic acids is 4. The summed E-state index contributed by atoms with van der Waals surface area (Å²) in [5, 5.41) is 8.46. The lowest BCUT2D eigenvalue weighted by Crippen LogP contribution is -2.54. The molecule has 12 heteroatoms. The Labute approximate surface area is 237 Å². The molecule has 0 heterocycles. The summed E-state index contributed by atoms with van der Waals surface area (Å²) in [5.74, 6) is -1.29. The second kappa shape index (κ2) is 14.6. The first-order chi connectivity index (χ1) is 18.3. The standard InChI is InChI=1S/C27H33Cl2N3O7/c1-16(24(34)30-14-23(33)37-5)31-25(35)22(32-26(36)39-27(2,3)4)13-17-9-11-18(12-10-17)38-15-19-20(28)7-6-8-21(19)29/h6-12,16,22H,13-15H2,1-5H3,(H,30,34)(H,31,35)(H,32,36)/t16-,22+/m1/s1. The zero-order valence-corrected chi connectivity index (χ0v) is 23.9. The van der Waals surface area contributed by atoms with E-state index in [1.54, 1.807) is 63.2 Å². The van der Waals surface area contributed by atoms with Crippen molar-refractivity contribution in [3.05, 3.63) is 63.6 Å². The molecule has 0 saturated heterocycles. The maximum Gasteiger partial charge on any atom is 0.408 e. The SMILES string of the molecule is COC(=O)CNC(=O)[C@@H](C)NC(=O)[C@H](Cc1ccc(OCc2c(Cl)cccc2Cl)cc1)NC(=O)OC(C)(C)C. The largest absolute Gasteiger partial charge is 0.489 e. The second-order valence-corrected chi connectivity index (χ2v) is 10.4. The van der Waals surface area contributed by atoms with Crippen LogP contribution in [0, 0.1) is 0 Å². The minimum atomic E-state index is -1.07. The van der Waals surface area contributed by atoms with Gasteiger partial charge in [0.1, 0.15) is 36.6 Å². The lowest BCUT2D eigenvalue weighted by atomic mass is 10.0. The minimum absolute atomic E-state index is 0.0954. The number of hydrogen-bond acceptors (Lipinski definition) is 7. The van der Waals surface area contributed by atoms with Gasteiger partial charge in [-0.1, -0.05) is 41.4 Å². The van der Waals surface area contributed by atoms with Crippen molar-refractivity contribution in [3.63, 3.8) is 0 Å². The number of rotatable bonds is 11. The van der Waals surface area contributed by atoms with E-state index in [1.807, 2.05) is 0 Å². The number of amides is 3. The van der Waals surface area contributed by atoms with Crippen LogP contribution in [0.25, 0.3) is 0 Å². The molecule has 3 amide bonds. The van der Waals surface area contributed by atoms with Crippen molar-refractivity contribution in [3.8, 4) is 5.75 Å². The van der Waals surface area contributed by atoms with Crippen LogP contribution in [-0.2, 0) is 36.9 Å². The molecule has 0 aromatic heterocycles. The first-order valence-electron chi connectivity index (χ1n) is 12.1. The predicted molar refractivity (Wildman–Crippen MR) is 147 cm³/mol. The second-order valence-electron chi connectivity index (χ2n) is 9.56. The monoisotopic (exact) mass is 581 g/mol. The number of benzene rings is 2. The molecule has 0 aliphatic heterocycles. The third-order valence-corrected chi connectivity index (χ3v) is 5.91. The number of ether oxygens (including phenoxy) is 3. The Morgan fingerprint density at radius 3 is 2.10 bits per heavy atom. The molecule has 2 rings (SSSR count). The van der Waals surface area contributed by atoms with Crippen LogP contribution in [-0.4, -0.2) is 55.2 Å². The Morgan fingerprint density at radius 1 is 0.923 bits per heavy atom. The number of hydrogen-bond donors (Lipinski definition) is 3. The molecule has 0 fully saturated rings. The van der Waals surface area contributed by atoms with Crippen molar-refractivity contribution in [2.45, 2.75) is 58.4 Å². The molecule has 10 nitrogen and oxygen atoms in total. The highest BCUT2D eigenvalue weighted by Gasteiger charge is 2.27. The highest BCUT2D eigenvalue weighted by molar-refractivity contribution is 6.35. The van der Waals surface area contributed by atoms with Gasteiger partial charge in [-0.25, -0.2) is 4.79 Å². The molecule has 3 N–H and O–H groups in total. The lowest BCUT2D eigenvalue weighted by molar-refractivity contribution is -0.141. The Balaban J connectivity index is 2.09. The van der Waals surface area contributed by atoms with E-state index in [1.165, 1.54) is 14.0 Å². The van der Waals surface area contributed by atoms with Crippen LogP contribution in [0.3, 0.4) is 0 Å². The minimum Gasteiger partial charge on any atom is -0.489 e. The molecule has 0 saturated carbocycles. The fourth-order valence-electron chi connectivity index (χ4n) is 3.21. The summed E-state index contributed by atoms with van der Waals surface area (Å²) in [7, 11) is 1.19. The topological polar surface area (TPSA) is 132 Å². The average Bonchev–Trinajstić information content (AvgIpc) is 2.86. The van der Waals surface area contributed by atoms with Gasteiger partial charge in [-0.3, -0.25) is 14.4 Å². The molecular weight excluding hydrogens is 549 g/mol. The van der Waals surface area contributed by atoms with Crippen LogP contribution in [0.15, 0.2) is 42.5 Å². The summed E-state index contributed by atoms with van der Waals surface area (Å²) in [5.41, 5.74) is 0.584. The maximum absolute atomic E-state index is 13.0. The van der Waals surface area contributed by atoms with Gasteiger partial charge in [-0.15, -0.1) is 0 Å². The molecule has 0 unspecified atom stereocenters. The lowest BCUT2D eigenvalue weighted by Gasteiger charge is -2.24. The summed E-state index contributed by atoms with van der Waals surface area (Å²) in [4.78, 5) is 49.0. The molecule has 39 heavy (non-hydrogen) atoms. The summed E-state index contributed by atoms with van der Waals surface area (Å²) in [6, 6.07) is 10.1. The Bertz CT molecular complexity index is 1150. The quantitative estimate of drug-likeness (QED) is 0.344. The molecule has 212 valence electrons. The van der Waals surface area contributed by atoms with E-state index < -0.39 is 41.6 Å². The highest BCUT2D eigenvalue weighted by atomic mass is 35.5. The van der Waals surface area contributed by atoms with E-state index in [9.17, 15) is 19.2 Å². The highest BCUT2D eigenvalue weighted by Crippen LogP contribution is 2.26. The molecule has 2 atom stereocenters.